The van der Waals surface area contributed by atoms with E-state index < -0.39 is 61.0 Å². The summed E-state index contributed by atoms with van der Waals surface area (Å²) < 4.78 is 11.7. The van der Waals surface area contributed by atoms with Crippen LogP contribution in [0.15, 0.2) is 12.2 Å². The molecule has 12 aliphatic rings. The summed E-state index contributed by atoms with van der Waals surface area (Å²) in [4.78, 5) is 39.3. The van der Waals surface area contributed by atoms with Crippen molar-refractivity contribution >= 4 is 17.7 Å². The Morgan fingerprint density at radius 1 is 0.436 bits per heavy atom. The van der Waals surface area contributed by atoms with Gasteiger partial charge in [-0.05, 0) is 278 Å². The smallest absolute Gasteiger partial charge is 0.309 e. The van der Waals surface area contributed by atoms with E-state index in [4.69, 9.17) is 9.47 Å². The number of carbonyl (C=O) groups excluding carboxylic acids is 3. The van der Waals surface area contributed by atoms with Crippen LogP contribution in [0.2, 0.25) is 0 Å². The van der Waals surface area contributed by atoms with Crippen molar-refractivity contribution in [1.82, 2.24) is 0 Å². The summed E-state index contributed by atoms with van der Waals surface area (Å²) in [6, 6.07) is 0. The molecule has 0 aromatic heterocycles. The van der Waals surface area contributed by atoms with Crippen molar-refractivity contribution in [2.75, 3.05) is 13.2 Å². The van der Waals surface area contributed by atoms with Gasteiger partial charge in [-0.15, -0.1) is 0 Å². The van der Waals surface area contributed by atoms with E-state index >= 15 is 0 Å². The number of ketones is 1. The first-order chi connectivity index (χ1) is 47.1. The molecule has 11 N–H and O–H groups in total. The zero-order valence-electron chi connectivity index (χ0n) is 65.6. The van der Waals surface area contributed by atoms with Gasteiger partial charge in [0.2, 0.25) is 0 Å². The molecule has 0 bridgehead atoms. The van der Waals surface area contributed by atoms with Crippen LogP contribution in [0.3, 0.4) is 0 Å². The highest BCUT2D eigenvalue weighted by molar-refractivity contribution is 5.83. The number of hydrogen-bond donors (Lipinski definition) is 11. The Labute approximate surface area is 608 Å². The Morgan fingerprint density at radius 2 is 0.812 bits per heavy atom. The molecule has 0 radical (unpaired) electrons. The number of carbonyl (C=O) groups is 3. The van der Waals surface area contributed by atoms with Crippen LogP contribution in [0.4, 0.5) is 0 Å². The summed E-state index contributed by atoms with van der Waals surface area (Å²) in [5.41, 5.74) is 0.129. The molecule has 12 rings (SSSR count). The van der Waals surface area contributed by atoms with Gasteiger partial charge in [0.15, 0.2) is 0 Å². The van der Waals surface area contributed by atoms with Gasteiger partial charge in [-0.25, -0.2) is 0 Å². The minimum absolute atomic E-state index is 0.00412. The number of Topliss-reactive ketones (excluding diaryl/α,β-unsaturated/α-hetero) is 1. The van der Waals surface area contributed by atoms with E-state index in [0.717, 1.165) is 96.3 Å². The Morgan fingerprint density at radius 3 is 1.21 bits per heavy atom. The van der Waals surface area contributed by atoms with Crippen molar-refractivity contribution in [2.45, 2.75) is 320 Å². The minimum atomic E-state index is -0.928. The van der Waals surface area contributed by atoms with E-state index in [2.05, 4.69) is 104 Å². The van der Waals surface area contributed by atoms with Gasteiger partial charge in [-0.2, -0.15) is 0 Å². The van der Waals surface area contributed by atoms with Gasteiger partial charge in [0.1, 0.15) is 11.9 Å². The molecule has 12 fully saturated rings. The van der Waals surface area contributed by atoms with Gasteiger partial charge in [0, 0.05) is 12.3 Å². The third kappa shape index (κ3) is 14.3. The lowest BCUT2D eigenvalue weighted by atomic mass is 9.44. The average Bonchev–Trinajstić information content (AvgIpc) is 1.67. The number of cyclic esters (lactones) is 2. The Hall–Kier alpha value is -2.09. The number of ether oxygens (including phenoxy) is 2. The first-order valence-corrected chi connectivity index (χ1v) is 41.1. The maximum absolute atomic E-state index is 13.3. The lowest BCUT2D eigenvalue weighted by Gasteiger charge is -2.60. The fourth-order valence-electron chi connectivity index (χ4n) is 27.6. The molecule has 37 atom stereocenters. The lowest BCUT2D eigenvalue weighted by molar-refractivity contribution is -0.163. The third-order valence-corrected chi connectivity index (χ3v) is 34.4. The van der Waals surface area contributed by atoms with Crippen molar-refractivity contribution < 1.29 is 80.0 Å². The van der Waals surface area contributed by atoms with Gasteiger partial charge in [-0.3, -0.25) is 14.4 Å². The summed E-state index contributed by atoms with van der Waals surface area (Å²) in [6.45, 7) is 41.5. The molecule has 10 saturated carbocycles. The summed E-state index contributed by atoms with van der Waals surface area (Å²) in [5.74, 6) is 4.44. The number of rotatable bonds is 16. The van der Waals surface area contributed by atoms with E-state index in [0.29, 0.717) is 104 Å². The van der Waals surface area contributed by atoms with Crippen LogP contribution in [0, 0.1) is 169 Å². The summed E-state index contributed by atoms with van der Waals surface area (Å²) in [7, 11) is 0. The largest absolute Gasteiger partial charge is 0.465 e. The molecule has 2 saturated heterocycles. The first kappa shape index (κ1) is 81.4. The number of aliphatic hydroxyl groups excluding tert-OH is 11. The monoisotopic (exact) mass is 1420 g/mol. The van der Waals surface area contributed by atoms with Gasteiger partial charge in [0.05, 0.1) is 86.1 Å². The van der Waals surface area contributed by atoms with Gasteiger partial charge in [0.25, 0.3) is 0 Å². The normalized spacial score (nSPS) is 47.3. The molecule has 2 aliphatic heterocycles. The van der Waals surface area contributed by atoms with E-state index in [1.807, 2.05) is 20.8 Å². The summed E-state index contributed by atoms with van der Waals surface area (Å²) in [5, 5.41) is 118. The van der Waals surface area contributed by atoms with Crippen LogP contribution >= 0.6 is 0 Å². The summed E-state index contributed by atoms with van der Waals surface area (Å²) in [6.07, 6.45) is 9.74. The molecule has 0 aromatic carbocycles. The SMILES string of the molecule is C=C(C(C)C)[C@@H](O)[C@H](O)[C@@H](C)C1CCC2C3COC(=O)C4C[C@H](O)[C@H](O)C[C@]4(C)C3CC[C@@]21C.CC(C)[C@H](C)[C@H](O)[C@@H](O)[C@@H](C)C1CCC2C3CC(=O)C4C[C@H](O)CC[C@]4(C)C3CC[C@@]21C.CC[C@@H](C(C)C)[C@@H](O)[C@H](O)[C@@H](C)C1CCC2C3COC(=O)[C@H]4C[C@H](O)[C@H](O)C[C@]4(C)C3CC[C@@]21C. The molecule has 101 heavy (non-hydrogen) atoms. The van der Waals surface area contributed by atoms with Gasteiger partial charge in [-0.1, -0.05) is 131 Å². The van der Waals surface area contributed by atoms with Crippen molar-refractivity contribution in [1.29, 1.82) is 0 Å². The van der Waals surface area contributed by atoms with E-state index in [1.54, 1.807) is 0 Å². The predicted molar refractivity (Wildman–Crippen MR) is 390 cm³/mol. The quantitative estimate of drug-likeness (QED) is 0.0506. The first-order valence-electron chi connectivity index (χ1n) is 41.1. The van der Waals surface area contributed by atoms with E-state index in [9.17, 15) is 70.6 Å². The van der Waals surface area contributed by atoms with Crippen LogP contribution in [0.5, 0.6) is 0 Å². The molecule has 0 amide bonds. The van der Waals surface area contributed by atoms with Crippen LogP contribution < -0.4 is 0 Å². The molecule has 10 aliphatic carbocycles. The number of aliphatic hydroxyl groups is 11. The Balaban J connectivity index is 0.000000164. The molecule has 16 heteroatoms. The number of fused-ring (bicyclic) bond motifs is 15. The van der Waals surface area contributed by atoms with E-state index in [1.165, 1.54) is 0 Å². The number of esters is 2. The fourth-order valence-corrected chi connectivity index (χ4v) is 27.6. The van der Waals surface area contributed by atoms with Crippen LogP contribution in [0.25, 0.3) is 0 Å². The highest BCUT2D eigenvalue weighted by atomic mass is 16.5. The van der Waals surface area contributed by atoms with Crippen LogP contribution in [0.1, 0.15) is 253 Å². The van der Waals surface area contributed by atoms with Gasteiger partial charge < -0.3 is 65.6 Å². The predicted octanol–water partition coefficient (Wildman–Crippen LogP) is 11.9. The highest BCUT2D eigenvalue weighted by Crippen LogP contribution is 2.71. The van der Waals surface area contributed by atoms with Crippen molar-refractivity contribution in [3.63, 3.8) is 0 Å². The Kier molecular flexibility index (Phi) is 24.8. The molecular formula is C85H144O16. The number of hydrogen-bond acceptors (Lipinski definition) is 16. The standard InChI is InChI=1S/C29H50O6.C28H46O6.C28H48O4/c1-7-17(15(2)3)26(33)25(32)16(4)19-8-9-20-18-14-35-27(34)22-12-23(30)24(31)13-29(22,6)21(18)10-11-28(19,20)5;1-14(2)15(3)24(31)25(32)16(4)18-7-8-19-17-13-34-26(33)21-11-22(29)23(30)12-28(21,6)20(17)9-10-27(18,19)5;1-15(2)16(3)25(31)26(32)17(4)20-7-8-21-19-14-24(30)23-13-18(29)9-11-28(23,6)22(19)10-12-27(20,21)5/h15-26,30-33H,7-14H2,1-6H3;14,16-25,29-32H,3,7-13H2,1-2,4-6H3;15-23,25-26,29,31-32H,7-14H2,1-6H3/t16-,17-,18?,19?,20?,21?,22+,23-,24+,25+,26+,28+,29+;16-,17?,18?,19?,20?,21?,22-,23+,24+,25+,27+,28+;16-,17-,18+,19?,20?,21?,22?,23?,25-,26-,27+,28+/m000/s1. The van der Waals surface area contributed by atoms with Gasteiger partial charge >= 0.3 is 11.9 Å². The van der Waals surface area contributed by atoms with Crippen LogP contribution in [-0.4, -0.2) is 154 Å². The maximum Gasteiger partial charge on any atom is 0.309 e. The van der Waals surface area contributed by atoms with Crippen molar-refractivity contribution in [3.8, 4) is 0 Å². The zero-order chi connectivity index (χ0) is 74.6. The second kappa shape index (κ2) is 30.8. The topological polar surface area (TPSA) is 292 Å². The van der Waals surface area contributed by atoms with Crippen LogP contribution in [-0.2, 0) is 23.9 Å². The molecule has 14 unspecified atom stereocenters. The second-order valence-electron chi connectivity index (χ2n) is 39.6. The third-order valence-electron chi connectivity index (χ3n) is 34.4. The fraction of sp³-hybridized carbons (Fsp3) is 0.941. The van der Waals surface area contributed by atoms with E-state index in [-0.39, 0.29) is 146 Å². The highest BCUT2D eigenvalue weighted by Gasteiger charge is 2.67. The lowest BCUT2D eigenvalue weighted by Crippen LogP contribution is -2.57. The average molecular weight is 1420 g/mol. The minimum Gasteiger partial charge on any atom is -0.465 e. The molecule has 580 valence electrons. The maximum atomic E-state index is 13.3. The van der Waals surface area contributed by atoms with Crippen molar-refractivity contribution in [3.05, 3.63) is 12.2 Å². The molecule has 16 nitrogen and oxygen atoms in total. The van der Waals surface area contributed by atoms with Crippen molar-refractivity contribution in [2.24, 2.45) is 169 Å². The Bertz CT molecular complexity index is 2860. The zero-order valence-corrected chi connectivity index (χ0v) is 65.6. The molecule has 0 aromatic rings. The molecule has 2 heterocycles. The molecular weight excluding hydrogens is 1280 g/mol. The second-order valence-corrected chi connectivity index (χ2v) is 39.6. The molecule has 0 spiro atoms. The summed E-state index contributed by atoms with van der Waals surface area (Å²) >= 11 is 0.